The summed E-state index contributed by atoms with van der Waals surface area (Å²) in [6, 6.07) is 18.5. The molecule has 1 fully saturated rings. The van der Waals surface area contributed by atoms with Crippen LogP contribution in [0.5, 0.6) is 0 Å². The Balaban J connectivity index is 1.55. The summed E-state index contributed by atoms with van der Waals surface area (Å²) in [6.45, 7) is 3.81. The average molecular weight is 451 g/mol. The highest BCUT2D eigenvalue weighted by Gasteiger charge is 2.28. The summed E-state index contributed by atoms with van der Waals surface area (Å²) in [6.07, 6.45) is 1.76. The zero-order valence-corrected chi connectivity index (χ0v) is 19.0. The Bertz CT molecular complexity index is 1210. The molecule has 1 saturated heterocycles. The highest BCUT2D eigenvalue weighted by molar-refractivity contribution is 7.89. The SMILES string of the molecule is CC1CCN(S(=O)(=O)c2ccc(-c3nc(C#N)c(N(C)Cc4ccccc4)o3)cc2)CC1. The Kier molecular flexibility index (Phi) is 6.31. The van der Waals surface area contributed by atoms with Gasteiger partial charge in [-0.15, -0.1) is 0 Å². The molecule has 0 N–H and O–H groups in total. The lowest BCUT2D eigenvalue weighted by molar-refractivity contribution is 0.288. The van der Waals surface area contributed by atoms with Crippen LogP contribution in [-0.2, 0) is 16.6 Å². The van der Waals surface area contributed by atoms with Crippen molar-refractivity contribution in [3.05, 3.63) is 65.9 Å². The Morgan fingerprint density at radius 3 is 2.41 bits per heavy atom. The normalized spacial score (nSPS) is 15.4. The van der Waals surface area contributed by atoms with E-state index in [0.29, 0.717) is 37.0 Å². The van der Waals surface area contributed by atoms with Crippen molar-refractivity contribution in [1.82, 2.24) is 9.29 Å². The Hall–Kier alpha value is -3.15. The first kappa shape index (κ1) is 22.1. The van der Waals surface area contributed by atoms with E-state index in [1.807, 2.05) is 42.3 Å². The molecule has 2 aromatic carbocycles. The van der Waals surface area contributed by atoms with Gasteiger partial charge in [0.05, 0.1) is 4.90 Å². The van der Waals surface area contributed by atoms with E-state index in [4.69, 9.17) is 4.42 Å². The zero-order chi connectivity index (χ0) is 22.7. The van der Waals surface area contributed by atoms with E-state index in [1.54, 1.807) is 28.6 Å². The van der Waals surface area contributed by atoms with Crippen LogP contribution >= 0.6 is 0 Å². The molecule has 0 amide bonds. The van der Waals surface area contributed by atoms with Crippen LogP contribution in [0.3, 0.4) is 0 Å². The number of sulfonamides is 1. The van der Waals surface area contributed by atoms with Crippen LogP contribution in [0.25, 0.3) is 11.5 Å². The Morgan fingerprint density at radius 1 is 1.12 bits per heavy atom. The maximum absolute atomic E-state index is 12.9. The van der Waals surface area contributed by atoms with Gasteiger partial charge in [0.15, 0.2) is 0 Å². The van der Waals surface area contributed by atoms with Crippen molar-refractivity contribution < 1.29 is 12.8 Å². The summed E-state index contributed by atoms with van der Waals surface area (Å²) in [4.78, 5) is 6.41. The minimum Gasteiger partial charge on any atom is -0.419 e. The van der Waals surface area contributed by atoms with E-state index in [9.17, 15) is 13.7 Å². The number of oxazole rings is 1. The summed E-state index contributed by atoms with van der Waals surface area (Å²) in [7, 11) is -1.68. The predicted molar refractivity (Wildman–Crippen MR) is 122 cm³/mol. The molecule has 4 rings (SSSR count). The molecule has 1 aliphatic heterocycles. The second kappa shape index (κ2) is 9.15. The number of aromatic nitrogens is 1. The van der Waals surface area contributed by atoms with Crippen molar-refractivity contribution in [3.63, 3.8) is 0 Å². The highest BCUT2D eigenvalue weighted by Crippen LogP contribution is 2.30. The monoisotopic (exact) mass is 450 g/mol. The van der Waals surface area contributed by atoms with Crippen LogP contribution in [0.4, 0.5) is 5.88 Å². The minimum absolute atomic E-state index is 0.192. The van der Waals surface area contributed by atoms with Crippen molar-refractivity contribution in [2.45, 2.75) is 31.2 Å². The molecular weight excluding hydrogens is 424 g/mol. The molecule has 166 valence electrons. The molecule has 7 nitrogen and oxygen atoms in total. The molecule has 0 aliphatic carbocycles. The summed E-state index contributed by atoms with van der Waals surface area (Å²) < 4.78 is 33.4. The van der Waals surface area contributed by atoms with Crippen LogP contribution in [0.1, 0.15) is 31.0 Å². The van der Waals surface area contributed by atoms with Crippen molar-refractivity contribution in [2.75, 3.05) is 25.0 Å². The molecule has 1 aromatic heterocycles. The number of hydrogen-bond donors (Lipinski definition) is 0. The van der Waals surface area contributed by atoms with Gasteiger partial charge in [-0.25, -0.2) is 8.42 Å². The molecule has 0 atom stereocenters. The fourth-order valence-electron chi connectivity index (χ4n) is 3.84. The van der Waals surface area contributed by atoms with Crippen molar-refractivity contribution in [3.8, 4) is 17.5 Å². The van der Waals surface area contributed by atoms with Crippen LogP contribution < -0.4 is 4.90 Å². The van der Waals surface area contributed by atoms with Gasteiger partial charge in [-0.05, 0) is 48.6 Å². The van der Waals surface area contributed by atoms with E-state index in [-0.39, 0.29) is 16.5 Å². The summed E-state index contributed by atoms with van der Waals surface area (Å²) >= 11 is 0. The lowest BCUT2D eigenvalue weighted by Gasteiger charge is -2.29. The molecular formula is C24H26N4O3S. The number of nitriles is 1. The second-order valence-electron chi connectivity index (χ2n) is 8.24. The van der Waals surface area contributed by atoms with Gasteiger partial charge in [0.2, 0.25) is 27.5 Å². The number of rotatable bonds is 6. The molecule has 0 unspecified atom stereocenters. The quantitative estimate of drug-likeness (QED) is 0.557. The number of hydrogen-bond acceptors (Lipinski definition) is 6. The molecule has 0 saturated carbocycles. The number of nitrogens with zero attached hydrogens (tertiary/aromatic N) is 4. The first-order valence-corrected chi connectivity index (χ1v) is 12.1. The van der Waals surface area contributed by atoms with Crippen LogP contribution in [0.15, 0.2) is 63.9 Å². The van der Waals surface area contributed by atoms with Gasteiger partial charge >= 0.3 is 0 Å². The average Bonchev–Trinajstić information content (AvgIpc) is 3.25. The third-order valence-corrected chi connectivity index (χ3v) is 7.72. The highest BCUT2D eigenvalue weighted by atomic mass is 32.2. The summed E-state index contributed by atoms with van der Waals surface area (Å²) in [5.74, 6) is 1.22. The van der Waals surface area contributed by atoms with Crippen LogP contribution in [0, 0.1) is 17.2 Å². The smallest absolute Gasteiger partial charge is 0.243 e. The lowest BCUT2D eigenvalue weighted by atomic mass is 10.0. The van der Waals surface area contributed by atoms with Gasteiger partial charge in [-0.1, -0.05) is 37.3 Å². The van der Waals surface area contributed by atoms with Crippen molar-refractivity contribution in [2.24, 2.45) is 5.92 Å². The Labute approximate surface area is 189 Å². The molecule has 2 heterocycles. The second-order valence-corrected chi connectivity index (χ2v) is 10.2. The molecule has 0 radical (unpaired) electrons. The van der Waals surface area contributed by atoms with Gasteiger partial charge in [0.25, 0.3) is 0 Å². The Morgan fingerprint density at radius 2 is 1.78 bits per heavy atom. The van der Waals surface area contributed by atoms with Gasteiger partial charge < -0.3 is 9.32 Å². The van der Waals surface area contributed by atoms with E-state index in [2.05, 4.69) is 18.0 Å². The van der Waals surface area contributed by atoms with Crippen molar-refractivity contribution in [1.29, 1.82) is 5.26 Å². The molecule has 0 spiro atoms. The topological polar surface area (TPSA) is 90.4 Å². The van der Waals surface area contributed by atoms with E-state index in [1.165, 1.54) is 0 Å². The molecule has 0 bridgehead atoms. The van der Waals surface area contributed by atoms with Gasteiger partial charge in [0.1, 0.15) is 6.07 Å². The van der Waals surface area contributed by atoms with Crippen molar-refractivity contribution >= 4 is 15.9 Å². The van der Waals surface area contributed by atoms with Gasteiger partial charge in [-0.3, -0.25) is 0 Å². The van der Waals surface area contributed by atoms with Gasteiger partial charge in [-0.2, -0.15) is 14.6 Å². The molecule has 32 heavy (non-hydrogen) atoms. The number of anilines is 1. The fraction of sp³-hybridized carbons (Fsp3) is 0.333. The third-order valence-electron chi connectivity index (χ3n) is 5.81. The number of piperidine rings is 1. The predicted octanol–water partition coefficient (Wildman–Crippen LogP) is 4.27. The standard InChI is InChI=1S/C24H26N4O3S/c1-18-12-14-28(15-13-18)32(29,30)21-10-8-20(9-11-21)23-26-22(16-25)24(31-23)27(2)17-19-6-4-3-5-7-19/h3-11,18H,12-15,17H2,1-2H3. The molecule has 8 heteroatoms. The molecule has 1 aliphatic rings. The minimum atomic E-state index is -3.52. The first-order chi connectivity index (χ1) is 15.4. The lowest BCUT2D eigenvalue weighted by Crippen LogP contribution is -2.37. The van der Waals surface area contributed by atoms with E-state index < -0.39 is 10.0 Å². The van der Waals surface area contributed by atoms with Crippen LogP contribution in [0.2, 0.25) is 0 Å². The molecule has 3 aromatic rings. The maximum Gasteiger partial charge on any atom is 0.243 e. The van der Waals surface area contributed by atoms with E-state index in [0.717, 1.165) is 18.4 Å². The van der Waals surface area contributed by atoms with Crippen LogP contribution in [-0.4, -0.2) is 37.8 Å². The largest absolute Gasteiger partial charge is 0.419 e. The first-order valence-electron chi connectivity index (χ1n) is 10.6. The van der Waals surface area contributed by atoms with E-state index >= 15 is 0 Å². The maximum atomic E-state index is 12.9. The number of benzene rings is 2. The van der Waals surface area contributed by atoms with Gasteiger partial charge in [0, 0.05) is 32.2 Å². The summed E-state index contributed by atoms with van der Waals surface area (Å²) in [5, 5.41) is 9.52. The summed E-state index contributed by atoms with van der Waals surface area (Å²) in [5.41, 5.74) is 1.89. The third kappa shape index (κ3) is 4.54. The zero-order valence-electron chi connectivity index (χ0n) is 18.2. The fourth-order valence-corrected chi connectivity index (χ4v) is 5.31.